The van der Waals surface area contributed by atoms with Crippen molar-refractivity contribution in [1.82, 2.24) is 20.4 Å². The highest BCUT2D eigenvalue weighted by Gasteiger charge is 2.39. The molecule has 0 aliphatic rings. The van der Waals surface area contributed by atoms with Gasteiger partial charge in [-0.15, -0.1) is 28.5 Å². The number of hydrogen-bond donors (Lipinski definition) is 2. The van der Waals surface area contributed by atoms with Gasteiger partial charge in [0.25, 0.3) is 0 Å². The van der Waals surface area contributed by atoms with Crippen molar-refractivity contribution in [1.29, 1.82) is 0 Å². The molecule has 0 aliphatic carbocycles. The van der Waals surface area contributed by atoms with E-state index >= 15 is 0 Å². The van der Waals surface area contributed by atoms with E-state index in [4.69, 9.17) is 5.73 Å². The number of nitrogens with one attached hydrogen (secondary N) is 1. The number of alkyl halides is 3. The number of amides is 1. The normalized spacial score (nSPS) is 12.3. The Labute approximate surface area is 208 Å². The van der Waals surface area contributed by atoms with E-state index in [0.29, 0.717) is 10.7 Å². The van der Waals surface area contributed by atoms with Crippen LogP contribution >= 0.6 is 11.3 Å². The number of ether oxygens (including phenoxy) is 1. The van der Waals surface area contributed by atoms with Gasteiger partial charge in [0, 0.05) is 6.42 Å². The Kier molecular flexibility index (Phi) is 7.83. The number of benzene rings is 1. The van der Waals surface area contributed by atoms with E-state index in [1.165, 1.54) is 35.6 Å². The topological polar surface area (TPSA) is 116 Å². The Morgan fingerprint density at radius 1 is 1.06 bits per heavy atom. The van der Waals surface area contributed by atoms with Crippen LogP contribution in [0.25, 0.3) is 0 Å². The van der Waals surface area contributed by atoms with Crippen LogP contribution in [0.15, 0.2) is 36.4 Å². The number of aryl methyl sites for hydroxylation is 1. The van der Waals surface area contributed by atoms with Crippen molar-refractivity contribution < 1.29 is 22.7 Å². The van der Waals surface area contributed by atoms with Crippen LogP contribution in [0.1, 0.15) is 22.7 Å². The fourth-order valence-corrected chi connectivity index (χ4v) is 4.01. The quantitative estimate of drug-likeness (QED) is 0.379. The van der Waals surface area contributed by atoms with Gasteiger partial charge in [-0.05, 0) is 29.8 Å². The first-order chi connectivity index (χ1) is 16.2. The van der Waals surface area contributed by atoms with Gasteiger partial charge in [-0.25, -0.2) is 0 Å². The molecular formula is C19H23B4F3N6O2S. The first kappa shape index (κ1) is 26.6. The average Bonchev–Trinajstić information content (AvgIpc) is 3.17. The maximum absolute atomic E-state index is 12.4. The highest BCUT2D eigenvalue weighted by Crippen LogP contribution is 2.41. The van der Waals surface area contributed by atoms with Crippen LogP contribution in [0.4, 0.5) is 24.1 Å². The molecule has 0 fully saturated rings. The minimum absolute atomic E-state index is 0.146. The maximum Gasteiger partial charge on any atom is 0.573 e. The van der Waals surface area contributed by atoms with Crippen LogP contribution in [0.5, 0.6) is 5.75 Å². The number of nitrogen functional groups attached to an aromatic ring is 1. The van der Waals surface area contributed by atoms with Crippen molar-refractivity contribution >= 4 is 59.6 Å². The van der Waals surface area contributed by atoms with Gasteiger partial charge in [0.15, 0.2) is 5.82 Å². The third-order valence-electron chi connectivity index (χ3n) is 6.21. The number of nitrogens with zero attached hydrogens (tertiary/aromatic N) is 4. The van der Waals surface area contributed by atoms with Gasteiger partial charge in [0.1, 0.15) is 26.4 Å². The summed E-state index contributed by atoms with van der Waals surface area (Å²) in [5.41, 5.74) is 6.79. The zero-order valence-electron chi connectivity index (χ0n) is 19.8. The molecule has 3 rings (SSSR count). The summed E-state index contributed by atoms with van der Waals surface area (Å²) in [6.45, 7) is 0. The predicted octanol–water partition coefficient (Wildman–Crippen LogP) is -0.576. The molecule has 3 aromatic rings. The lowest BCUT2D eigenvalue weighted by molar-refractivity contribution is -0.274. The van der Waals surface area contributed by atoms with Crippen LogP contribution < -0.4 is 15.8 Å². The van der Waals surface area contributed by atoms with Crippen molar-refractivity contribution in [2.45, 2.75) is 36.1 Å². The largest absolute Gasteiger partial charge is 0.573 e. The Hall–Kier alpha value is -3.02. The molecule has 0 radical (unpaired) electrons. The fourth-order valence-electron chi connectivity index (χ4n) is 3.40. The Morgan fingerprint density at radius 2 is 1.80 bits per heavy atom. The molecule has 2 heterocycles. The van der Waals surface area contributed by atoms with E-state index in [1.807, 2.05) is 6.07 Å². The van der Waals surface area contributed by atoms with Crippen molar-refractivity contribution in [3.05, 3.63) is 52.7 Å². The lowest BCUT2D eigenvalue weighted by Crippen LogP contribution is -2.44. The molecule has 3 N–H and O–H groups in total. The molecule has 0 spiro atoms. The molecule has 16 heteroatoms. The Morgan fingerprint density at radius 3 is 2.40 bits per heavy atom. The summed E-state index contributed by atoms with van der Waals surface area (Å²) >= 11 is 1.38. The van der Waals surface area contributed by atoms with Crippen molar-refractivity contribution in [3.8, 4) is 5.75 Å². The molecule has 0 atom stereocenters. The zero-order valence-corrected chi connectivity index (χ0v) is 20.6. The lowest BCUT2D eigenvalue weighted by atomic mass is 9.28. The van der Waals surface area contributed by atoms with Gasteiger partial charge in [-0.3, -0.25) is 4.79 Å². The second kappa shape index (κ2) is 10.3. The number of carbonyl (C=O) groups is 1. The highest BCUT2D eigenvalue weighted by atomic mass is 32.1. The third-order valence-corrected chi connectivity index (χ3v) is 7.02. The molecule has 2 aromatic heterocycles. The van der Waals surface area contributed by atoms with Gasteiger partial charge >= 0.3 is 6.36 Å². The Bertz CT molecular complexity index is 1180. The molecular weight excluding hydrogens is 477 g/mol. The van der Waals surface area contributed by atoms with Gasteiger partial charge in [-0.2, -0.15) is 5.10 Å². The molecule has 1 amide bonds. The standard InChI is InChI=1S/C19H23B4F3N6O2S/c20-17(21,7-6-15-31-32-16(27)35-15)18(22,23)12-4-5-13(30-29-12)28-14(33)9-10-2-1-3-11(8-10)34-19(24,25)26/h1-5,8H,6-7,9,20-23H2,(H2,27,32)(H,28,30,33). The van der Waals surface area contributed by atoms with E-state index in [-0.39, 0.29) is 28.4 Å². The van der Waals surface area contributed by atoms with Crippen LogP contribution in [0.2, 0.25) is 5.21 Å². The van der Waals surface area contributed by atoms with E-state index in [2.05, 4.69) is 61.8 Å². The number of aromatic nitrogens is 4. The number of nitrogens with two attached hydrogens (primary N) is 1. The summed E-state index contributed by atoms with van der Waals surface area (Å²) in [5.74, 6) is -0.571. The molecule has 0 unspecified atom stereocenters. The molecule has 0 saturated heterocycles. The fraction of sp³-hybridized carbons (Fsp3) is 0.316. The van der Waals surface area contributed by atoms with Crippen LogP contribution in [0.3, 0.4) is 0 Å². The molecule has 1 aromatic carbocycles. The molecule has 35 heavy (non-hydrogen) atoms. The smallest absolute Gasteiger partial charge is 0.406 e. The van der Waals surface area contributed by atoms with Crippen molar-refractivity contribution in [2.24, 2.45) is 0 Å². The average molecular weight is 500 g/mol. The van der Waals surface area contributed by atoms with Gasteiger partial charge in [-0.1, -0.05) is 40.3 Å². The van der Waals surface area contributed by atoms with Gasteiger partial charge in [0.05, 0.1) is 27.8 Å². The number of carbonyl (C=O) groups excluding carboxylic acids is 1. The molecule has 180 valence electrons. The minimum Gasteiger partial charge on any atom is -0.406 e. The summed E-state index contributed by atoms with van der Waals surface area (Å²) in [6.07, 6.45) is -3.38. The summed E-state index contributed by atoms with van der Waals surface area (Å²) in [5, 5.41) is 19.8. The number of halogens is 3. The van der Waals surface area contributed by atoms with Crippen LogP contribution in [-0.4, -0.2) is 64.0 Å². The Balaban J connectivity index is 1.61. The maximum atomic E-state index is 12.4. The summed E-state index contributed by atoms with van der Waals surface area (Å²) < 4.78 is 41.1. The van der Waals surface area contributed by atoms with Gasteiger partial charge < -0.3 is 15.8 Å². The lowest BCUT2D eigenvalue weighted by Gasteiger charge is -2.42. The first-order valence-corrected chi connectivity index (χ1v) is 11.6. The zero-order chi connectivity index (χ0) is 25.9. The first-order valence-electron chi connectivity index (χ1n) is 10.8. The van der Waals surface area contributed by atoms with Gasteiger partial charge in [0.2, 0.25) is 11.0 Å². The molecule has 0 saturated carbocycles. The van der Waals surface area contributed by atoms with E-state index in [9.17, 15) is 18.0 Å². The summed E-state index contributed by atoms with van der Waals surface area (Å²) in [6, 6.07) is 8.74. The molecule has 8 nitrogen and oxygen atoms in total. The summed E-state index contributed by atoms with van der Waals surface area (Å²) in [4.78, 5) is 12.4. The number of rotatable bonds is 9. The van der Waals surface area contributed by atoms with E-state index in [0.717, 1.165) is 23.5 Å². The minimum atomic E-state index is -4.80. The predicted molar refractivity (Wildman–Crippen MR) is 139 cm³/mol. The van der Waals surface area contributed by atoms with Crippen molar-refractivity contribution in [3.63, 3.8) is 0 Å². The molecule has 0 bridgehead atoms. The second-order valence-electron chi connectivity index (χ2n) is 9.27. The monoisotopic (exact) mass is 500 g/mol. The number of hydrogen-bond acceptors (Lipinski definition) is 8. The van der Waals surface area contributed by atoms with Crippen LogP contribution in [-0.2, 0) is 22.8 Å². The molecule has 0 aliphatic heterocycles. The van der Waals surface area contributed by atoms with E-state index < -0.39 is 12.3 Å². The third kappa shape index (κ3) is 7.23. The highest BCUT2D eigenvalue weighted by molar-refractivity contribution is 7.15. The van der Waals surface area contributed by atoms with E-state index in [1.54, 1.807) is 6.07 Å². The SMILES string of the molecule is BC(B)(CCc1nnc(N)s1)C(B)(B)c1ccc(NC(=O)Cc2cccc(OC(F)(F)F)c2)nn1. The second-order valence-corrected chi connectivity index (χ2v) is 10.4. The number of anilines is 2. The van der Waals surface area contributed by atoms with Crippen molar-refractivity contribution in [2.75, 3.05) is 11.1 Å². The van der Waals surface area contributed by atoms with Crippen LogP contribution in [0, 0.1) is 0 Å². The summed E-state index contributed by atoms with van der Waals surface area (Å²) in [7, 11) is 8.45.